The van der Waals surface area contributed by atoms with E-state index >= 15 is 0 Å². The molecule has 0 aromatic rings. The molecule has 0 fully saturated rings. The lowest BCUT2D eigenvalue weighted by atomic mass is 10.2. The molecule has 0 heterocycles. The number of nitrogens with zero attached hydrogens (tertiary/aromatic N) is 1. The Balaban J connectivity index is 3.69. The number of ether oxygens (including phenoxy) is 1. The summed E-state index contributed by atoms with van der Waals surface area (Å²) in [7, 11) is 3.69. The summed E-state index contributed by atoms with van der Waals surface area (Å²) in [6.45, 7) is 5.77. The van der Waals surface area contributed by atoms with Crippen LogP contribution < -0.4 is 5.32 Å². The number of thiocarbonyl (C=S) groups is 1. The van der Waals surface area contributed by atoms with E-state index in [2.05, 4.69) is 24.1 Å². The van der Waals surface area contributed by atoms with Crippen molar-refractivity contribution < 1.29 is 4.74 Å². The van der Waals surface area contributed by atoms with Gasteiger partial charge in [0.1, 0.15) is 0 Å². The van der Waals surface area contributed by atoms with E-state index < -0.39 is 0 Å². The summed E-state index contributed by atoms with van der Waals surface area (Å²) in [6, 6.07) is 0.488. The average molecular weight is 204 g/mol. The molecule has 0 saturated carbocycles. The van der Waals surface area contributed by atoms with Gasteiger partial charge in [0.2, 0.25) is 0 Å². The molecule has 1 unspecified atom stereocenters. The van der Waals surface area contributed by atoms with Crippen LogP contribution in [0.1, 0.15) is 20.3 Å². The minimum atomic E-state index is 0.488. The SMILES string of the molecule is CCC(C)N(C)C(=S)NCCOC. The van der Waals surface area contributed by atoms with Gasteiger partial charge in [0.25, 0.3) is 0 Å². The Morgan fingerprint density at radius 2 is 2.23 bits per heavy atom. The molecular weight excluding hydrogens is 184 g/mol. The Morgan fingerprint density at radius 3 is 2.69 bits per heavy atom. The number of hydrogen-bond acceptors (Lipinski definition) is 2. The van der Waals surface area contributed by atoms with E-state index in [0.29, 0.717) is 12.6 Å². The van der Waals surface area contributed by atoms with Gasteiger partial charge in [-0.3, -0.25) is 0 Å². The number of hydrogen-bond donors (Lipinski definition) is 1. The van der Waals surface area contributed by atoms with Crippen LogP contribution in [-0.4, -0.2) is 43.4 Å². The van der Waals surface area contributed by atoms with E-state index in [4.69, 9.17) is 17.0 Å². The zero-order valence-corrected chi connectivity index (χ0v) is 9.78. The summed E-state index contributed by atoms with van der Waals surface area (Å²) < 4.78 is 4.92. The molecule has 1 N–H and O–H groups in total. The zero-order chi connectivity index (χ0) is 10.3. The van der Waals surface area contributed by atoms with Gasteiger partial charge in [-0.25, -0.2) is 0 Å². The first-order valence-corrected chi connectivity index (χ1v) is 5.03. The summed E-state index contributed by atoms with van der Waals surface area (Å²) in [5.74, 6) is 0. The second-order valence-corrected chi connectivity index (χ2v) is 3.48. The normalized spacial score (nSPS) is 12.3. The summed E-state index contributed by atoms with van der Waals surface area (Å²) in [5, 5.41) is 3.93. The van der Waals surface area contributed by atoms with Gasteiger partial charge in [0, 0.05) is 26.7 Å². The Morgan fingerprint density at radius 1 is 1.62 bits per heavy atom. The third kappa shape index (κ3) is 5.05. The maximum Gasteiger partial charge on any atom is 0.168 e. The number of rotatable bonds is 5. The van der Waals surface area contributed by atoms with Crippen LogP contribution in [-0.2, 0) is 4.74 Å². The largest absolute Gasteiger partial charge is 0.383 e. The standard InChI is InChI=1S/C9H20N2OS/c1-5-8(2)11(3)9(13)10-6-7-12-4/h8H,5-7H2,1-4H3,(H,10,13). The fourth-order valence-electron chi connectivity index (χ4n) is 0.859. The molecule has 13 heavy (non-hydrogen) atoms. The molecule has 4 heteroatoms. The van der Waals surface area contributed by atoms with Crippen molar-refractivity contribution in [2.75, 3.05) is 27.3 Å². The van der Waals surface area contributed by atoms with Gasteiger partial charge in [-0.15, -0.1) is 0 Å². The summed E-state index contributed by atoms with van der Waals surface area (Å²) in [4.78, 5) is 2.07. The van der Waals surface area contributed by atoms with Crippen LogP contribution in [0.3, 0.4) is 0 Å². The van der Waals surface area contributed by atoms with Crippen molar-refractivity contribution in [1.82, 2.24) is 10.2 Å². The van der Waals surface area contributed by atoms with E-state index in [9.17, 15) is 0 Å². The van der Waals surface area contributed by atoms with Crippen LogP contribution in [0.4, 0.5) is 0 Å². The predicted octanol–water partition coefficient (Wildman–Crippen LogP) is 1.24. The van der Waals surface area contributed by atoms with Crippen LogP contribution in [0, 0.1) is 0 Å². The molecular formula is C9H20N2OS. The molecule has 0 rings (SSSR count). The fraction of sp³-hybridized carbons (Fsp3) is 0.889. The molecule has 1 atom stereocenters. The molecule has 0 spiro atoms. The van der Waals surface area contributed by atoms with Gasteiger partial charge < -0.3 is 15.0 Å². The Kier molecular flexibility index (Phi) is 6.90. The van der Waals surface area contributed by atoms with Crippen molar-refractivity contribution in [3.05, 3.63) is 0 Å². The quantitative estimate of drug-likeness (QED) is 0.538. The number of methoxy groups -OCH3 is 1. The third-order valence-corrected chi connectivity index (χ3v) is 2.59. The maximum atomic E-state index is 5.19. The smallest absolute Gasteiger partial charge is 0.168 e. The Hall–Kier alpha value is -0.350. The van der Waals surface area contributed by atoms with E-state index in [1.807, 2.05) is 7.05 Å². The third-order valence-electron chi connectivity index (χ3n) is 2.15. The highest BCUT2D eigenvalue weighted by Crippen LogP contribution is 1.99. The van der Waals surface area contributed by atoms with Crippen molar-refractivity contribution in [1.29, 1.82) is 0 Å². The highest BCUT2D eigenvalue weighted by Gasteiger charge is 2.09. The highest BCUT2D eigenvalue weighted by atomic mass is 32.1. The van der Waals surface area contributed by atoms with Crippen molar-refractivity contribution in [2.24, 2.45) is 0 Å². The summed E-state index contributed by atoms with van der Waals surface area (Å²) >= 11 is 5.19. The summed E-state index contributed by atoms with van der Waals surface area (Å²) in [6.07, 6.45) is 1.10. The fourth-order valence-corrected chi connectivity index (χ4v) is 1.14. The predicted molar refractivity (Wildman–Crippen MR) is 60.0 cm³/mol. The van der Waals surface area contributed by atoms with E-state index in [0.717, 1.165) is 18.1 Å². The van der Waals surface area contributed by atoms with Crippen molar-refractivity contribution >= 4 is 17.3 Å². The molecule has 0 amide bonds. The summed E-state index contributed by atoms with van der Waals surface area (Å²) in [5.41, 5.74) is 0. The van der Waals surface area contributed by atoms with Crippen LogP contribution in [0.5, 0.6) is 0 Å². The maximum absolute atomic E-state index is 5.19. The van der Waals surface area contributed by atoms with Gasteiger partial charge in [0.05, 0.1) is 6.61 Å². The lowest BCUT2D eigenvalue weighted by molar-refractivity contribution is 0.202. The molecule has 0 aromatic heterocycles. The minimum absolute atomic E-state index is 0.488. The second kappa shape index (κ2) is 7.09. The molecule has 0 bridgehead atoms. The molecule has 3 nitrogen and oxygen atoms in total. The number of nitrogens with one attached hydrogen (secondary N) is 1. The molecule has 0 saturated heterocycles. The second-order valence-electron chi connectivity index (χ2n) is 3.09. The Labute approximate surface area is 86.4 Å². The van der Waals surface area contributed by atoms with Crippen LogP contribution in [0.25, 0.3) is 0 Å². The van der Waals surface area contributed by atoms with Crippen molar-refractivity contribution in [3.8, 4) is 0 Å². The van der Waals surface area contributed by atoms with Gasteiger partial charge >= 0.3 is 0 Å². The van der Waals surface area contributed by atoms with Gasteiger partial charge in [-0.2, -0.15) is 0 Å². The van der Waals surface area contributed by atoms with Gasteiger partial charge in [-0.05, 0) is 25.6 Å². The first-order valence-electron chi connectivity index (χ1n) is 4.63. The van der Waals surface area contributed by atoms with Crippen molar-refractivity contribution in [3.63, 3.8) is 0 Å². The molecule has 0 radical (unpaired) electrons. The molecule has 0 aliphatic rings. The topological polar surface area (TPSA) is 24.5 Å². The lowest BCUT2D eigenvalue weighted by Crippen LogP contribution is -2.42. The van der Waals surface area contributed by atoms with Crippen LogP contribution in [0.2, 0.25) is 0 Å². The molecule has 78 valence electrons. The first-order chi connectivity index (χ1) is 6.13. The molecule has 0 aliphatic heterocycles. The van der Waals surface area contributed by atoms with E-state index in [1.165, 1.54) is 0 Å². The van der Waals surface area contributed by atoms with Crippen LogP contribution in [0.15, 0.2) is 0 Å². The zero-order valence-electron chi connectivity index (χ0n) is 8.96. The minimum Gasteiger partial charge on any atom is -0.383 e. The lowest BCUT2D eigenvalue weighted by Gasteiger charge is -2.26. The molecule has 0 aliphatic carbocycles. The van der Waals surface area contributed by atoms with E-state index in [1.54, 1.807) is 7.11 Å². The van der Waals surface area contributed by atoms with Crippen molar-refractivity contribution in [2.45, 2.75) is 26.3 Å². The molecule has 0 aromatic carbocycles. The average Bonchev–Trinajstić information content (AvgIpc) is 2.15. The van der Waals surface area contributed by atoms with Gasteiger partial charge in [0.15, 0.2) is 5.11 Å². The first kappa shape index (κ1) is 12.7. The monoisotopic (exact) mass is 204 g/mol. The highest BCUT2D eigenvalue weighted by molar-refractivity contribution is 7.80. The Bertz CT molecular complexity index is 153. The van der Waals surface area contributed by atoms with Crippen LogP contribution >= 0.6 is 12.2 Å². The van der Waals surface area contributed by atoms with Gasteiger partial charge in [-0.1, -0.05) is 6.92 Å². The van der Waals surface area contributed by atoms with E-state index in [-0.39, 0.29) is 0 Å².